The molecule has 0 spiro atoms. The van der Waals surface area contributed by atoms with Gasteiger partial charge in [0.1, 0.15) is 0 Å². The van der Waals surface area contributed by atoms with Crippen LogP contribution in [0.5, 0.6) is 0 Å². The topological polar surface area (TPSA) is 90.3 Å². The zero-order valence-corrected chi connectivity index (χ0v) is 10.8. The Morgan fingerprint density at radius 2 is 2.05 bits per heavy atom. The van der Waals surface area contributed by atoms with E-state index in [-0.39, 0.29) is 31.8 Å². The van der Waals surface area contributed by atoms with Gasteiger partial charge in [0.05, 0.1) is 25.8 Å². The van der Waals surface area contributed by atoms with Gasteiger partial charge in [0.2, 0.25) is 0 Å². The lowest BCUT2D eigenvalue weighted by Crippen LogP contribution is -2.56. The molecule has 2 atom stereocenters. The number of urea groups is 1. The standard InChI is InChI=1S/C12H20N2O5/c15-8-9-3-1-2-4-14(9)12(18)13-5-6-19-10(7-13)11(16)17/h9-10,15H,1-8H2,(H,16,17). The van der Waals surface area contributed by atoms with Gasteiger partial charge in [-0.05, 0) is 19.3 Å². The van der Waals surface area contributed by atoms with E-state index in [9.17, 15) is 14.7 Å². The third-order valence-corrected chi connectivity index (χ3v) is 3.70. The molecule has 0 aromatic rings. The molecule has 0 aromatic heterocycles. The largest absolute Gasteiger partial charge is 0.479 e. The lowest BCUT2D eigenvalue weighted by Gasteiger charge is -2.40. The van der Waals surface area contributed by atoms with E-state index >= 15 is 0 Å². The van der Waals surface area contributed by atoms with Crippen molar-refractivity contribution in [2.45, 2.75) is 31.4 Å². The number of hydrogen-bond acceptors (Lipinski definition) is 4. The number of rotatable bonds is 2. The number of nitrogens with zero attached hydrogens (tertiary/aromatic N) is 2. The summed E-state index contributed by atoms with van der Waals surface area (Å²) in [6.45, 7) is 1.29. The summed E-state index contributed by atoms with van der Waals surface area (Å²) in [6, 6.07) is -0.333. The smallest absolute Gasteiger partial charge is 0.334 e. The van der Waals surface area contributed by atoms with Crippen molar-refractivity contribution < 1.29 is 24.5 Å². The number of aliphatic hydroxyl groups excluding tert-OH is 1. The summed E-state index contributed by atoms with van der Waals surface area (Å²) in [6.07, 6.45) is 1.79. The molecule has 2 unspecified atom stereocenters. The van der Waals surface area contributed by atoms with Crippen LogP contribution < -0.4 is 0 Å². The molecule has 2 fully saturated rings. The quantitative estimate of drug-likeness (QED) is 0.722. The highest BCUT2D eigenvalue weighted by Gasteiger charge is 2.34. The van der Waals surface area contributed by atoms with Crippen LogP contribution >= 0.6 is 0 Å². The number of carbonyl (C=O) groups excluding carboxylic acids is 1. The molecule has 2 rings (SSSR count). The fourth-order valence-electron chi connectivity index (χ4n) is 2.60. The van der Waals surface area contributed by atoms with E-state index < -0.39 is 12.1 Å². The summed E-state index contributed by atoms with van der Waals surface area (Å²) in [4.78, 5) is 26.5. The number of carbonyl (C=O) groups is 2. The molecule has 2 N–H and O–H groups in total. The fourth-order valence-corrected chi connectivity index (χ4v) is 2.60. The Kier molecular flexibility index (Phi) is 4.60. The van der Waals surface area contributed by atoms with Crippen LogP contribution in [0.4, 0.5) is 4.79 Å². The second kappa shape index (κ2) is 6.21. The van der Waals surface area contributed by atoms with Crippen LogP contribution in [0.1, 0.15) is 19.3 Å². The number of aliphatic hydroxyl groups is 1. The first-order chi connectivity index (χ1) is 9.13. The molecule has 2 aliphatic heterocycles. The van der Waals surface area contributed by atoms with E-state index in [0.717, 1.165) is 19.3 Å². The van der Waals surface area contributed by atoms with Gasteiger partial charge < -0.3 is 24.7 Å². The van der Waals surface area contributed by atoms with Crippen LogP contribution in [0.15, 0.2) is 0 Å². The maximum atomic E-state index is 12.4. The van der Waals surface area contributed by atoms with Gasteiger partial charge in [0.15, 0.2) is 6.10 Å². The van der Waals surface area contributed by atoms with E-state index in [2.05, 4.69) is 0 Å². The van der Waals surface area contributed by atoms with E-state index in [4.69, 9.17) is 9.84 Å². The molecule has 7 nitrogen and oxygen atoms in total. The van der Waals surface area contributed by atoms with Crippen LogP contribution in [-0.4, -0.2) is 77.0 Å². The predicted octanol–water partition coefficient (Wildman–Crippen LogP) is -0.261. The third kappa shape index (κ3) is 3.16. The average molecular weight is 272 g/mol. The first kappa shape index (κ1) is 14.1. The van der Waals surface area contributed by atoms with Crippen molar-refractivity contribution in [1.82, 2.24) is 9.80 Å². The predicted molar refractivity (Wildman–Crippen MR) is 65.8 cm³/mol. The minimum absolute atomic E-state index is 0.0432. The zero-order chi connectivity index (χ0) is 13.8. The first-order valence-electron chi connectivity index (χ1n) is 6.64. The fraction of sp³-hybridized carbons (Fsp3) is 0.833. The summed E-state index contributed by atoms with van der Waals surface area (Å²) in [7, 11) is 0. The Balaban J connectivity index is 1.99. The Bertz CT molecular complexity index is 349. The van der Waals surface area contributed by atoms with E-state index in [0.29, 0.717) is 13.1 Å². The number of piperidine rings is 1. The van der Waals surface area contributed by atoms with Gasteiger partial charge >= 0.3 is 12.0 Å². The minimum atomic E-state index is -1.05. The number of hydrogen-bond donors (Lipinski definition) is 2. The minimum Gasteiger partial charge on any atom is -0.479 e. The molecular formula is C12H20N2O5. The molecular weight excluding hydrogens is 252 g/mol. The summed E-state index contributed by atoms with van der Waals surface area (Å²) in [5.74, 6) is -1.05. The molecule has 0 bridgehead atoms. The van der Waals surface area contributed by atoms with E-state index in [1.54, 1.807) is 4.90 Å². The molecule has 0 aliphatic carbocycles. The van der Waals surface area contributed by atoms with Crippen LogP contribution in [0.25, 0.3) is 0 Å². The molecule has 0 radical (unpaired) electrons. The number of ether oxygens (including phenoxy) is 1. The van der Waals surface area contributed by atoms with Crippen LogP contribution in [0.2, 0.25) is 0 Å². The maximum Gasteiger partial charge on any atom is 0.334 e. The third-order valence-electron chi connectivity index (χ3n) is 3.70. The number of amides is 2. The van der Waals surface area contributed by atoms with Gasteiger partial charge in [-0.15, -0.1) is 0 Å². The van der Waals surface area contributed by atoms with Crippen molar-refractivity contribution in [3.8, 4) is 0 Å². The van der Waals surface area contributed by atoms with Gasteiger partial charge in [-0.25, -0.2) is 9.59 Å². The van der Waals surface area contributed by atoms with Gasteiger partial charge in [-0.3, -0.25) is 0 Å². The first-order valence-corrected chi connectivity index (χ1v) is 6.64. The van der Waals surface area contributed by atoms with Crippen molar-refractivity contribution in [3.05, 3.63) is 0 Å². The lowest BCUT2D eigenvalue weighted by atomic mass is 10.0. The zero-order valence-electron chi connectivity index (χ0n) is 10.8. The number of morpholine rings is 1. The van der Waals surface area contributed by atoms with Crippen LogP contribution in [0.3, 0.4) is 0 Å². The highest BCUT2D eigenvalue weighted by molar-refractivity contribution is 5.78. The number of likely N-dealkylation sites (tertiary alicyclic amines) is 1. The molecule has 19 heavy (non-hydrogen) atoms. The molecule has 2 aliphatic rings. The molecule has 7 heteroatoms. The summed E-state index contributed by atoms with van der Waals surface area (Å²) < 4.78 is 5.10. The average Bonchev–Trinajstić information content (AvgIpc) is 2.46. The second-order valence-electron chi connectivity index (χ2n) is 4.95. The lowest BCUT2D eigenvalue weighted by molar-refractivity contribution is -0.154. The van der Waals surface area contributed by atoms with E-state index in [1.165, 1.54) is 4.90 Å². The Labute approximate surface area is 111 Å². The van der Waals surface area contributed by atoms with Crippen LogP contribution in [-0.2, 0) is 9.53 Å². The SMILES string of the molecule is O=C(O)C1CN(C(=O)N2CCCCC2CO)CCO1. The maximum absolute atomic E-state index is 12.4. The summed E-state index contributed by atoms with van der Waals surface area (Å²) in [5, 5.41) is 18.2. The number of carboxylic acid groups (broad SMARTS) is 1. The molecule has 108 valence electrons. The summed E-state index contributed by atoms with van der Waals surface area (Å²) >= 11 is 0. The Hall–Kier alpha value is -1.34. The van der Waals surface area contributed by atoms with Crippen LogP contribution in [0, 0.1) is 0 Å². The molecule has 2 saturated heterocycles. The molecule has 2 heterocycles. The molecule has 0 aromatic carbocycles. The van der Waals surface area contributed by atoms with Crippen molar-refractivity contribution in [2.75, 3.05) is 32.8 Å². The van der Waals surface area contributed by atoms with Gasteiger partial charge in [-0.2, -0.15) is 0 Å². The molecule has 2 amide bonds. The van der Waals surface area contributed by atoms with Crippen molar-refractivity contribution in [3.63, 3.8) is 0 Å². The van der Waals surface area contributed by atoms with Crippen molar-refractivity contribution in [2.24, 2.45) is 0 Å². The van der Waals surface area contributed by atoms with Gasteiger partial charge in [0, 0.05) is 13.1 Å². The Morgan fingerprint density at radius 1 is 1.26 bits per heavy atom. The van der Waals surface area contributed by atoms with Gasteiger partial charge in [0.25, 0.3) is 0 Å². The normalized spacial score (nSPS) is 28.3. The van der Waals surface area contributed by atoms with Gasteiger partial charge in [-0.1, -0.05) is 0 Å². The number of aliphatic carboxylic acids is 1. The van der Waals surface area contributed by atoms with E-state index in [1.807, 2.05) is 0 Å². The Morgan fingerprint density at radius 3 is 2.74 bits per heavy atom. The van der Waals surface area contributed by atoms with Crippen molar-refractivity contribution in [1.29, 1.82) is 0 Å². The second-order valence-corrected chi connectivity index (χ2v) is 4.95. The highest BCUT2D eigenvalue weighted by Crippen LogP contribution is 2.19. The summed E-state index contributed by atoms with van der Waals surface area (Å²) in [5.41, 5.74) is 0. The molecule has 0 saturated carbocycles. The monoisotopic (exact) mass is 272 g/mol. The highest BCUT2D eigenvalue weighted by atomic mass is 16.5. The number of carboxylic acids is 1. The van der Waals surface area contributed by atoms with Crippen molar-refractivity contribution >= 4 is 12.0 Å².